The number of aromatic nitrogens is 2. The molecule has 0 radical (unpaired) electrons. The Morgan fingerprint density at radius 3 is 2.59 bits per heavy atom. The van der Waals surface area contributed by atoms with Crippen LogP contribution >= 0.6 is 0 Å². The van der Waals surface area contributed by atoms with Crippen molar-refractivity contribution in [3.8, 4) is 11.5 Å². The lowest BCUT2D eigenvalue weighted by molar-refractivity contribution is 0.331. The predicted molar refractivity (Wildman–Crippen MR) is 104 cm³/mol. The third kappa shape index (κ3) is 5.72. The number of ether oxygens (including phenoxy) is 2. The lowest BCUT2D eigenvalue weighted by Crippen LogP contribution is -2.22. The quantitative estimate of drug-likeness (QED) is 0.657. The molecule has 1 aromatic heterocycles. The number of hydrogen-bond acceptors (Lipinski definition) is 8. The molecule has 0 saturated carbocycles. The molecule has 0 bridgehead atoms. The van der Waals surface area contributed by atoms with Crippen LogP contribution in [0.4, 0.5) is 11.8 Å². The first kappa shape index (κ1) is 19.2. The van der Waals surface area contributed by atoms with E-state index in [1.54, 1.807) is 7.11 Å². The summed E-state index contributed by atoms with van der Waals surface area (Å²) < 4.78 is 33.9. The van der Waals surface area contributed by atoms with E-state index in [1.165, 1.54) is 0 Å². The predicted octanol–water partition coefficient (Wildman–Crippen LogP) is 1.88. The minimum absolute atomic E-state index is 0.128. The largest absolute Gasteiger partial charge is 0.497 e. The van der Waals surface area contributed by atoms with Crippen molar-refractivity contribution in [1.82, 2.24) is 9.97 Å². The van der Waals surface area contributed by atoms with Crippen LogP contribution < -0.4 is 20.1 Å². The van der Waals surface area contributed by atoms with Crippen LogP contribution in [0.2, 0.25) is 0 Å². The number of hydrogen-bond donors (Lipinski definition) is 2. The maximum atomic E-state index is 11.6. The highest BCUT2D eigenvalue weighted by Gasteiger charge is 2.28. The standard InChI is InChI=1S/C18H24N4O4S/c1-13-11-17(19-8-9-26-16-5-3-15(25-2)4-6-16)22-18(20-13)21-14-7-10-27(23,24)12-14/h3-6,11,14H,7-10,12H2,1-2H3,(H2,19,20,21,22). The van der Waals surface area contributed by atoms with E-state index in [0.717, 1.165) is 17.2 Å². The molecule has 8 nitrogen and oxygen atoms in total. The van der Waals surface area contributed by atoms with Gasteiger partial charge in [-0.25, -0.2) is 13.4 Å². The van der Waals surface area contributed by atoms with Crippen molar-refractivity contribution in [1.29, 1.82) is 0 Å². The van der Waals surface area contributed by atoms with Crippen molar-refractivity contribution in [3.05, 3.63) is 36.0 Å². The van der Waals surface area contributed by atoms with Crippen molar-refractivity contribution in [2.75, 3.05) is 42.4 Å². The minimum Gasteiger partial charge on any atom is -0.497 e. The maximum absolute atomic E-state index is 11.6. The Kier molecular flexibility index (Phi) is 6.00. The number of anilines is 2. The summed E-state index contributed by atoms with van der Waals surface area (Å²) in [6, 6.07) is 9.10. The van der Waals surface area contributed by atoms with Crippen molar-refractivity contribution < 1.29 is 17.9 Å². The number of methoxy groups -OCH3 is 1. The second-order valence-electron chi connectivity index (χ2n) is 6.41. The average Bonchev–Trinajstić information content (AvgIpc) is 2.97. The van der Waals surface area contributed by atoms with Crippen molar-refractivity contribution in [3.63, 3.8) is 0 Å². The van der Waals surface area contributed by atoms with Crippen LogP contribution in [0.1, 0.15) is 12.1 Å². The van der Waals surface area contributed by atoms with E-state index in [9.17, 15) is 8.42 Å². The normalized spacial score (nSPS) is 18.1. The van der Waals surface area contributed by atoms with Gasteiger partial charge in [0.05, 0.1) is 25.2 Å². The van der Waals surface area contributed by atoms with Gasteiger partial charge in [0.15, 0.2) is 9.84 Å². The number of benzene rings is 1. The van der Waals surface area contributed by atoms with Gasteiger partial charge in [0.1, 0.15) is 23.9 Å². The molecule has 1 saturated heterocycles. The summed E-state index contributed by atoms with van der Waals surface area (Å²) >= 11 is 0. The number of rotatable bonds is 8. The molecule has 1 aliphatic heterocycles. The SMILES string of the molecule is COc1ccc(OCCNc2cc(C)nc(NC3CCS(=O)(=O)C3)n2)cc1. The summed E-state index contributed by atoms with van der Waals surface area (Å²) in [4.78, 5) is 8.75. The van der Waals surface area contributed by atoms with Crippen molar-refractivity contribution >= 4 is 21.6 Å². The summed E-state index contributed by atoms with van der Waals surface area (Å²) in [6.07, 6.45) is 0.581. The Morgan fingerprint density at radius 2 is 1.93 bits per heavy atom. The van der Waals surface area contributed by atoms with E-state index < -0.39 is 9.84 Å². The summed E-state index contributed by atoms with van der Waals surface area (Å²) in [6.45, 7) is 2.91. The van der Waals surface area contributed by atoms with E-state index in [4.69, 9.17) is 9.47 Å². The number of nitrogens with one attached hydrogen (secondary N) is 2. The minimum atomic E-state index is -2.94. The van der Waals surface area contributed by atoms with E-state index >= 15 is 0 Å². The Labute approximate surface area is 159 Å². The topological polar surface area (TPSA) is 102 Å². The molecule has 0 aliphatic carbocycles. The summed E-state index contributed by atoms with van der Waals surface area (Å²) in [5.74, 6) is 3.00. The number of sulfone groups is 1. The van der Waals surface area contributed by atoms with Crippen LogP contribution in [0.3, 0.4) is 0 Å². The van der Waals surface area contributed by atoms with Crippen LogP contribution in [0, 0.1) is 6.92 Å². The van der Waals surface area contributed by atoms with Gasteiger partial charge in [-0.3, -0.25) is 0 Å². The molecule has 1 unspecified atom stereocenters. The molecule has 3 rings (SSSR count). The second-order valence-corrected chi connectivity index (χ2v) is 8.64. The Hall–Kier alpha value is -2.55. The van der Waals surface area contributed by atoms with Gasteiger partial charge in [-0.2, -0.15) is 4.98 Å². The van der Waals surface area contributed by atoms with Crippen LogP contribution in [0.15, 0.2) is 30.3 Å². The van der Waals surface area contributed by atoms with Crippen molar-refractivity contribution in [2.45, 2.75) is 19.4 Å². The van der Waals surface area contributed by atoms with Gasteiger partial charge in [0.25, 0.3) is 0 Å². The Balaban J connectivity index is 1.50. The lowest BCUT2D eigenvalue weighted by Gasteiger charge is -2.13. The molecule has 146 valence electrons. The van der Waals surface area contributed by atoms with Gasteiger partial charge >= 0.3 is 0 Å². The van der Waals surface area contributed by atoms with Gasteiger partial charge < -0.3 is 20.1 Å². The highest BCUT2D eigenvalue weighted by Crippen LogP contribution is 2.18. The van der Waals surface area contributed by atoms with Crippen molar-refractivity contribution in [2.24, 2.45) is 0 Å². The first-order valence-electron chi connectivity index (χ1n) is 8.77. The molecule has 1 aliphatic rings. The van der Waals surface area contributed by atoms with Crippen LogP contribution in [0.25, 0.3) is 0 Å². The summed E-state index contributed by atoms with van der Waals surface area (Å²) in [5, 5.41) is 6.32. The fourth-order valence-electron chi connectivity index (χ4n) is 2.84. The molecule has 9 heteroatoms. The van der Waals surface area contributed by atoms with Crippen LogP contribution in [-0.4, -0.2) is 56.2 Å². The van der Waals surface area contributed by atoms with Crippen LogP contribution in [-0.2, 0) is 9.84 Å². The first-order valence-corrected chi connectivity index (χ1v) is 10.6. The smallest absolute Gasteiger partial charge is 0.225 e. The Morgan fingerprint density at radius 1 is 1.19 bits per heavy atom. The zero-order valence-corrected chi connectivity index (χ0v) is 16.3. The molecule has 0 amide bonds. The first-order chi connectivity index (χ1) is 12.9. The van der Waals surface area contributed by atoms with Gasteiger partial charge in [-0.05, 0) is 37.6 Å². The molecule has 0 spiro atoms. The number of nitrogens with zero attached hydrogens (tertiary/aromatic N) is 2. The van der Waals surface area contributed by atoms with E-state index in [2.05, 4.69) is 20.6 Å². The van der Waals surface area contributed by atoms with Gasteiger partial charge in [-0.1, -0.05) is 0 Å². The van der Waals surface area contributed by atoms with Gasteiger partial charge in [0.2, 0.25) is 5.95 Å². The van der Waals surface area contributed by atoms with Gasteiger partial charge in [-0.15, -0.1) is 0 Å². The highest BCUT2D eigenvalue weighted by molar-refractivity contribution is 7.91. The fourth-order valence-corrected chi connectivity index (χ4v) is 4.51. The molecule has 2 heterocycles. The monoisotopic (exact) mass is 392 g/mol. The molecule has 2 N–H and O–H groups in total. The van der Waals surface area contributed by atoms with E-state index in [1.807, 2.05) is 37.3 Å². The second kappa shape index (κ2) is 8.43. The van der Waals surface area contributed by atoms with E-state index in [0.29, 0.717) is 31.3 Å². The molecular weight excluding hydrogens is 368 g/mol. The number of aryl methyl sites for hydroxylation is 1. The van der Waals surface area contributed by atoms with E-state index in [-0.39, 0.29) is 17.5 Å². The molecule has 1 fully saturated rings. The Bertz CT molecular complexity index is 871. The zero-order chi connectivity index (χ0) is 19.3. The zero-order valence-electron chi connectivity index (χ0n) is 15.4. The molecule has 2 aromatic rings. The summed E-state index contributed by atoms with van der Waals surface area (Å²) in [7, 11) is -1.32. The highest BCUT2D eigenvalue weighted by atomic mass is 32.2. The fraction of sp³-hybridized carbons (Fsp3) is 0.444. The van der Waals surface area contributed by atoms with Gasteiger partial charge in [0, 0.05) is 17.8 Å². The average molecular weight is 392 g/mol. The van der Waals surface area contributed by atoms with Crippen LogP contribution in [0.5, 0.6) is 11.5 Å². The lowest BCUT2D eigenvalue weighted by atomic mass is 10.3. The third-order valence-electron chi connectivity index (χ3n) is 4.16. The molecule has 1 atom stereocenters. The molecular formula is C18H24N4O4S. The third-order valence-corrected chi connectivity index (χ3v) is 5.92. The summed E-state index contributed by atoms with van der Waals surface area (Å²) in [5.41, 5.74) is 0.798. The molecule has 1 aromatic carbocycles. The maximum Gasteiger partial charge on any atom is 0.225 e. The molecule has 27 heavy (non-hydrogen) atoms.